The van der Waals surface area contributed by atoms with Crippen molar-refractivity contribution < 1.29 is 49.1 Å². The van der Waals surface area contributed by atoms with Gasteiger partial charge in [-0.05, 0) is 36.1 Å². The SMILES string of the molecule is CC(=O)C=C(C)O.CCC.CF.FF.FF.[B]c1ccccc1.[Ni].c1ccc(-c2cccc(-c3ccccc3)c2N=C2SCCSC2=Nc2c(-c3ccccc3)cccc2-c2ccccc2)cc1. The van der Waals surface area contributed by atoms with E-state index in [4.69, 9.17) is 41.2 Å². The molecule has 1 aliphatic rings. The molecule has 7 aromatic carbocycles. The average Bonchev–Trinajstić information content (AvgIpc) is 3.38. The van der Waals surface area contributed by atoms with E-state index in [1.807, 2.05) is 30.3 Å². The number of hydrogen-bond acceptors (Lipinski definition) is 6. The molecule has 1 heterocycles. The molecule has 1 fully saturated rings. The molecule has 1 saturated heterocycles. The number of thioether (sulfide) groups is 2. The van der Waals surface area contributed by atoms with E-state index in [1.165, 1.54) is 26.3 Å². The minimum Gasteiger partial charge on any atom is -0.512 e. The van der Waals surface area contributed by atoms with Crippen LogP contribution < -0.4 is 5.46 Å². The minimum atomic E-state index is -0.125. The number of para-hydroxylation sites is 2. The molecule has 0 unspecified atom stereocenters. The van der Waals surface area contributed by atoms with Crippen LogP contribution in [0, 0.1) is 0 Å². The summed E-state index contributed by atoms with van der Waals surface area (Å²) in [6.07, 6.45) is 2.42. The van der Waals surface area contributed by atoms with E-state index >= 15 is 0 Å². The fraction of sp³-hybridized carbons (Fsp3) is 0.145. The Labute approximate surface area is 418 Å². The summed E-state index contributed by atoms with van der Waals surface area (Å²) in [6.45, 7) is 7.10. The van der Waals surface area contributed by atoms with Crippen molar-refractivity contribution >= 4 is 64.1 Å². The maximum Gasteiger partial charge on any atom is 0.155 e. The Balaban J connectivity index is 0.000000807. The van der Waals surface area contributed by atoms with Gasteiger partial charge in [-0.1, -0.05) is 214 Å². The second kappa shape index (κ2) is 36.1. The quantitative estimate of drug-likeness (QED) is 0.0748. The van der Waals surface area contributed by atoms with Crippen LogP contribution in [0.2, 0.25) is 0 Å². The van der Waals surface area contributed by atoms with E-state index in [-0.39, 0.29) is 28.0 Å². The van der Waals surface area contributed by atoms with Gasteiger partial charge in [0, 0.05) is 74.6 Å². The molecule has 0 aliphatic carbocycles. The number of aliphatic hydroxyl groups is 1. The molecule has 13 heteroatoms. The standard InChI is InChI=1S/C40H30N2S2.C6H5B.C5H8O2.C3H8.CH3F.2F2.Ni/c1-5-15-29(16-6-1)33-23-13-24-34(30-17-7-2-8-18-30)37(33)41-39-40(44-28-27-43-39)42-38-35(31-19-9-3-10-20-31)25-14-26-36(38)32-21-11-4-12-22-32;7-6-4-2-1-3-5-6;1-4(6)3-5(2)7;1-3-2;3*1-2;/h1-26H,27-28H2;1-5H;3,6H,1-2H3;3H2,1-2H3;1H3;;;. The zero-order chi connectivity index (χ0) is 49.2. The van der Waals surface area contributed by atoms with Gasteiger partial charge in [-0.2, -0.15) is 0 Å². The Morgan fingerprint density at radius 2 is 0.765 bits per heavy atom. The fourth-order valence-electron chi connectivity index (χ4n) is 6.24. The molecular formula is C55H54BF5N2NiO2S2. The monoisotopic (exact) mass is 1000 g/mol. The molecule has 0 atom stereocenters. The first-order valence-electron chi connectivity index (χ1n) is 21.0. The molecule has 0 saturated carbocycles. The molecule has 8 rings (SSSR count). The van der Waals surface area contributed by atoms with Crippen LogP contribution in [-0.2, 0) is 21.3 Å². The predicted molar refractivity (Wildman–Crippen MR) is 280 cm³/mol. The zero-order valence-electron chi connectivity index (χ0n) is 38.4. The van der Waals surface area contributed by atoms with Crippen LogP contribution in [0.25, 0.3) is 44.5 Å². The van der Waals surface area contributed by atoms with Gasteiger partial charge < -0.3 is 5.11 Å². The number of carbonyl (C=O) groups is 1. The van der Waals surface area contributed by atoms with Crippen LogP contribution in [0.3, 0.4) is 0 Å². The Morgan fingerprint density at radius 3 is 0.956 bits per heavy atom. The van der Waals surface area contributed by atoms with Crippen molar-refractivity contribution in [3.05, 3.63) is 200 Å². The van der Waals surface area contributed by atoms with Gasteiger partial charge in [0.05, 0.1) is 24.3 Å². The van der Waals surface area contributed by atoms with Crippen molar-refractivity contribution in [2.24, 2.45) is 9.98 Å². The number of benzene rings is 7. The number of aliphatic hydroxyl groups excluding tert-OH is 1. The number of aliphatic imine (C=N–C) groups is 2. The molecule has 7 aromatic rings. The number of alkyl halides is 1. The van der Waals surface area contributed by atoms with Crippen LogP contribution in [-0.4, -0.2) is 47.5 Å². The van der Waals surface area contributed by atoms with Crippen molar-refractivity contribution in [1.82, 2.24) is 0 Å². The van der Waals surface area contributed by atoms with Gasteiger partial charge in [0.25, 0.3) is 0 Å². The zero-order valence-corrected chi connectivity index (χ0v) is 41.1. The summed E-state index contributed by atoms with van der Waals surface area (Å²) >= 11 is 3.59. The number of nitrogens with zero attached hydrogens (tertiary/aromatic N) is 2. The molecular weight excluding hydrogens is 949 g/mol. The molecule has 356 valence electrons. The Morgan fingerprint density at radius 1 is 0.515 bits per heavy atom. The minimum absolute atomic E-state index is 0. The third kappa shape index (κ3) is 20.5. The Hall–Kier alpha value is -6.00. The Kier molecular flexibility index (Phi) is 31.9. The summed E-state index contributed by atoms with van der Waals surface area (Å²) in [7, 11) is 5.86. The molecule has 1 aliphatic heterocycles. The van der Waals surface area contributed by atoms with Gasteiger partial charge >= 0.3 is 0 Å². The van der Waals surface area contributed by atoms with Crippen LogP contribution in [0.15, 0.2) is 210 Å². The van der Waals surface area contributed by atoms with Crippen LogP contribution >= 0.6 is 23.5 Å². The summed E-state index contributed by atoms with van der Waals surface area (Å²) in [4.78, 5) is 21.0. The van der Waals surface area contributed by atoms with Crippen molar-refractivity contribution in [2.75, 3.05) is 18.7 Å². The normalized spacial score (nSPS) is 12.3. The second-order valence-electron chi connectivity index (χ2n) is 13.9. The first kappa shape index (κ1) is 60.0. The largest absolute Gasteiger partial charge is 0.512 e. The predicted octanol–water partition coefficient (Wildman–Crippen LogP) is 16.8. The number of carbonyl (C=O) groups excluding carboxylic acids is 1. The fourth-order valence-corrected chi connectivity index (χ4v) is 8.30. The number of allylic oxidation sites excluding steroid dienone is 2. The van der Waals surface area contributed by atoms with E-state index < -0.39 is 0 Å². The van der Waals surface area contributed by atoms with Crippen molar-refractivity contribution in [3.63, 3.8) is 0 Å². The van der Waals surface area contributed by atoms with Gasteiger partial charge in [0.1, 0.15) is 17.9 Å². The first-order chi connectivity index (χ1) is 32.8. The average molecular weight is 1000 g/mol. The smallest absolute Gasteiger partial charge is 0.155 e. The maximum absolute atomic E-state index is 10.0. The molecule has 0 bridgehead atoms. The third-order valence-electron chi connectivity index (χ3n) is 8.79. The molecule has 2 radical (unpaired) electrons. The molecule has 68 heavy (non-hydrogen) atoms. The van der Waals surface area contributed by atoms with Crippen molar-refractivity contribution in [1.29, 1.82) is 0 Å². The summed E-state index contributed by atoms with van der Waals surface area (Å²) < 4.78 is 41.5. The van der Waals surface area contributed by atoms with E-state index in [0.717, 1.165) is 82.9 Å². The van der Waals surface area contributed by atoms with Gasteiger partial charge in [0.2, 0.25) is 0 Å². The Bertz CT molecular complexity index is 2280. The van der Waals surface area contributed by atoms with Crippen molar-refractivity contribution in [2.45, 2.75) is 34.1 Å². The summed E-state index contributed by atoms with van der Waals surface area (Å²) in [5.41, 5.74) is 11.8. The number of rotatable bonds is 7. The number of hydrogen-bond donors (Lipinski definition) is 1. The molecule has 4 nitrogen and oxygen atoms in total. The number of ketones is 1. The molecule has 0 spiro atoms. The molecule has 0 amide bonds. The van der Waals surface area contributed by atoms with Gasteiger partial charge in [-0.25, -0.2) is 9.98 Å². The van der Waals surface area contributed by atoms with Crippen LogP contribution in [0.5, 0.6) is 0 Å². The topological polar surface area (TPSA) is 62.0 Å². The second-order valence-corrected chi connectivity index (χ2v) is 16.1. The summed E-state index contributed by atoms with van der Waals surface area (Å²) in [6, 6.07) is 64.7. The number of halogens is 5. The molecule has 1 N–H and O–H groups in total. The molecule has 0 aromatic heterocycles. The van der Waals surface area contributed by atoms with Gasteiger partial charge in [0.15, 0.2) is 5.78 Å². The van der Waals surface area contributed by atoms with Gasteiger partial charge in [-0.3, -0.25) is 9.18 Å². The van der Waals surface area contributed by atoms with E-state index in [2.05, 4.69) is 172 Å². The van der Waals surface area contributed by atoms with E-state index in [0.29, 0.717) is 7.18 Å². The maximum atomic E-state index is 10.0. The summed E-state index contributed by atoms with van der Waals surface area (Å²) in [5, 5.41) is 10.3. The third-order valence-corrected chi connectivity index (χ3v) is 11.1. The van der Waals surface area contributed by atoms with Crippen molar-refractivity contribution in [3.8, 4) is 44.5 Å². The van der Waals surface area contributed by atoms with Gasteiger partial charge in [-0.15, -0.1) is 23.5 Å². The van der Waals surface area contributed by atoms with Crippen LogP contribution in [0.1, 0.15) is 34.1 Å². The van der Waals surface area contributed by atoms with Crippen LogP contribution in [0.4, 0.5) is 34.1 Å². The van der Waals surface area contributed by atoms with E-state index in [9.17, 15) is 9.18 Å². The van der Waals surface area contributed by atoms with E-state index in [1.54, 1.807) is 23.5 Å². The summed E-state index contributed by atoms with van der Waals surface area (Å²) in [5.74, 6) is 1.91. The first-order valence-corrected chi connectivity index (χ1v) is 23.0.